The quantitative estimate of drug-likeness (QED) is 0.179. The largest absolute Gasteiger partial charge is 0.454 e. The van der Waals surface area contributed by atoms with Crippen molar-refractivity contribution in [3.05, 3.63) is 162 Å². The third-order valence-corrected chi connectivity index (χ3v) is 17.1. The Labute approximate surface area is 448 Å². The molecule has 4 aromatic heterocycles. The lowest BCUT2D eigenvalue weighted by molar-refractivity contribution is 0.174. The predicted octanol–water partition coefficient (Wildman–Crippen LogP) is 18.8. The lowest BCUT2D eigenvalue weighted by atomic mass is 9.99. The summed E-state index contributed by atoms with van der Waals surface area (Å²) in [6.45, 7) is 28.9. The monoisotopic (exact) mass is 1030 g/mol. The smallest absolute Gasteiger partial charge is 0.231 e. The minimum Gasteiger partial charge on any atom is -0.454 e. The van der Waals surface area contributed by atoms with E-state index in [0.29, 0.717) is 42.3 Å². The lowest BCUT2D eigenvalue weighted by Gasteiger charge is -2.07. The molecule has 0 amide bonds. The molecule has 0 bridgehead atoms. The Kier molecular flexibility index (Phi) is 19.8. The second-order valence-electron chi connectivity index (χ2n) is 21.2. The van der Waals surface area contributed by atoms with Crippen LogP contribution in [0.25, 0.3) is 31.3 Å². The summed E-state index contributed by atoms with van der Waals surface area (Å²) < 4.78 is 13.1. The summed E-state index contributed by atoms with van der Waals surface area (Å²) in [4.78, 5) is 15.2. The van der Waals surface area contributed by atoms with E-state index in [1.54, 1.807) is 38.7 Å². The molecule has 7 nitrogen and oxygen atoms in total. The first-order valence-electron chi connectivity index (χ1n) is 26.7. The Bertz CT molecular complexity index is 3030. The van der Waals surface area contributed by atoms with Gasteiger partial charge in [0, 0.05) is 22.1 Å². The van der Waals surface area contributed by atoms with E-state index >= 15 is 0 Å². The zero-order valence-corrected chi connectivity index (χ0v) is 48.2. The third kappa shape index (κ3) is 15.3. The lowest BCUT2D eigenvalue weighted by Crippen LogP contribution is -1.99. The maximum atomic E-state index is 5.27. The van der Waals surface area contributed by atoms with Crippen LogP contribution < -0.4 is 9.47 Å². The molecule has 12 rings (SSSR count). The first kappa shape index (κ1) is 55.3. The average Bonchev–Trinajstić information content (AvgIpc) is 4.25. The van der Waals surface area contributed by atoms with Crippen molar-refractivity contribution in [2.45, 2.75) is 170 Å². The van der Waals surface area contributed by atoms with E-state index in [-0.39, 0.29) is 0 Å². The van der Waals surface area contributed by atoms with E-state index in [1.807, 2.05) is 35.7 Å². The number of benzene rings is 5. The maximum Gasteiger partial charge on any atom is 0.231 e. The summed E-state index contributed by atoms with van der Waals surface area (Å²) in [6, 6.07) is 34.4. The highest BCUT2D eigenvalue weighted by atomic mass is 32.1. The number of ether oxygens (including phenoxy) is 2. The molecule has 0 radical (unpaired) electrons. The van der Waals surface area contributed by atoms with Gasteiger partial charge in [-0.2, -0.15) is 5.10 Å². The van der Waals surface area contributed by atoms with Crippen LogP contribution >= 0.6 is 34.0 Å². The molecule has 1 aliphatic heterocycles. The Morgan fingerprint density at radius 3 is 1.79 bits per heavy atom. The molecular weight excluding hydrogens is 955 g/mol. The van der Waals surface area contributed by atoms with Crippen molar-refractivity contribution in [3.63, 3.8) is 0 Å². The van der Waals surface area contributed by atoms with Crippen LogP contribution in [0.15, 0.2) is 103 Å². The summed E-state index contributed by atoms with van der Waals surface area (Å²) in [5.74, 6) is 5.28. The van der Waals surface area contributed by atoms with Crippen LogP contribution in [0.1, 0.15) is 197 Å². The standard InChI is InChI=1S/C12H16.C11H13NS.C10H12N2.C10H15NS.C10H11NS.C10H12O2/c1-9(2)11-7-6-10-4-3-5-12(10)8-11;1-7(2)9-4-5-11-10(6-9)12-8(3)13-11;1-7(2)8-3-4-9-6-11-12-10(9)5-8;2*1-7(2)10-11-8-5-3-4-6-9(8)12-10;1-7(2)8-3-4-9-10(5-8)12-6-11-9/h6-9H,3-5H2,1-2H3;4-7H,1-3H3;3-7H,1-2H3,(H,11,12);7H,3-6H2,1-2H3;3-7H,1-2H3;3-5,7H,6H2,1-2H3. The van der Waals surface area contributed by atoms with Gasteiger partial charge in [-0.05, 0) is 151 Å². The molecule has 2 aliphatic carbocycles. The molecule has 1 N–H and O–H groups in total. The summed E-state index contributed by atoms with van der Waals surface area (Å²) >= 11 is 5.49. The molecule has 0 saturated heterocycles. The van der Waals surface area contributed by atoms with Crippen LogP contribution in [0, 0.1) is 6.92 Å². The Hall–Kier alpha value is -5.42. The van der Waals surface area contributed by atoms with E-state index in [9.17, 15) is 0 Å². The topological polar surface area (TPSA) is 85.8 Å². The van der Waals surface area contributed by atoms with Crippen LogP contribution in [0.5, 0.6) is 11.5 Å². The van der Waals surface area contributed by atoms with Gasteiger partial charge >= 0.3 is 0 Å². The number of aromatic nitrogens is 5. The van der Waals surface area contributed by atoms with Gasteiger partial charge in [0.2, 0.25) is 6.79 Å². The number of para-hydroxylation sites is 1. The average molecular weight is 1030 g/mol. The van der Waals surface area contributed by atoms with Crippen molar-refractivity contribution in [2.75, 3.05) is 6.79 Å². The number of rotatable bonds is 6. The SMILES string of the molecule is CC(C)c1ccc2c(c1)CCC2.CC(C)c1ccc2c(c1)OCO2.CC(C)c1ccc2cn[nH]c2c1.CC(C)c1nc2c(s1)CCCC2.CC(C)c1nc2ccccc2s1.Cc1nc2cc(C(C)C)ccc2s1. The molecule has 0 unspecified atom stereocenters. The number of aryl methyl sites for hydroxylation is 5. The molecule has 0 fully saturated rings. The zero-order chi connectivity index (χ0) is 52.2. The fourth-order valence-corrected chi connectivity index (χ4v) is 11.6. The summed E-state index contributed by atoms with van der Waals surface area (Å²) in [5.41, 5.74) is 13.5. The van der Waals surface area contributed by atoms with Crippen molar-refractivity contribution in [1.82, 2.24) is 25.1 Å². The molecule has 0 saturated carbocycles. The van der Waals surface area contributed by atoms with E-state index in [1.165, 1.54) is 97.7 Å². The number of fused-ring (bicyclic) bond motifs is 6. The zero-order valence-electron chi connectivity index (χ0n) is 45.8. The molecule has 5 aromatic carbocycles. The number of thiazole rings is 3. The van der Waals surface area contributed by atoms with Gasteiger partial charge in [0.25, 0.3) is 0 Å². The molecule has 10 heteroatoms. The van der Waals surface area contributed by atoms with E-state index in [4.69, 9.17) is 9.47 Å². The van der Waals surface area contributed by atoms with E-state index in [0.717, 1.165) is 33.1 Å². The van der Waals surface area contributed by atoms with Crippen LogP contribution in [0.2, 0.25) is 0 Å². The number of nitrogens with zero attached hydrogens (tertiary/aromatic N) is 4. The van der Waals surface area contributed by atoms with Gasteiger partial charge in [0.05, 0.1) is 52.9 Å². The van der Waals surface area contributed by atoms with Gasteiger partial charge in [-0.1, -0.05) is 138 Å². The van der Waals surface area contributed by atoms with Crippen LogP contribution in [0.4, 0.5) is 0 Å². The minimum atomic E-state index is 0.358. The highest BCUT2D eigenvalue weighted by molar-refractivity contribution is 7.18. The van der Waals surface area contributed by atoms with Gasteiger partial charge in [0.1, 0.15) is 0 Å². The molecule has 5 heterocycles. The van der Waals surface area contributed by atoms with Crippen LogP contribution in [0.3, 0.4) is 0 Å². The fraction of sp³-hybridized carbons (Fsp3) is 0.429. The summed E-state index contributed by atoms with van der Waals surface area (Å²) in [7, 11) is 0. The number of H-pyrrole nitrogens is 1. The Morgan fingerprint density at radius 2 is 1.08 bits per heavy atom. The predicted molar refractivity (Wildman–Crippen MR) is 314 cm³/mol. The van der Waals surface area contributed by atoms with Crippen molar-refractivity contribution >= 4 is 65.3 Å². The van der Waals surface area contributed by atoms with Gasteiger partial charge in [0.15, 0.2) is 11.5 Å². The first-order valence-corrected chi connectivity index (χ1v) is 29.1. The molecule has 0 spiro atoms. The van der Waals surface area contributed by atoms with Gasteiger partial charge < -0.3 is 9.47 Å². The van der Waals surface area contributed by atoms with E-state index in [2.05, 4.69) is 194 Å². The molecule has 386 valence electrons. The number of hydrogen-bond donors (Lipinski definition) is 1. The highest BCUT2D eigenvalue weighted by Gasteiger charge is 2.17. The number of aromatic amines is 1. The van der Waals surface area contributed by atoms with Crippen LogP contribution in [-0.4, -0.2) is 31.9 Å². The third-order valence-electron chi connectivity index (χ3n) is 13.3. The number of hydrogen-bond acceptors (Lipinski definition) is 9. The van der Waals surface area contributed by atoms with E-state index < -0.39 is 0 Å². The summed E-state index contributed by atoms with van der Waals surface area (Å²) in [5, 5.41) is 11.8. The maximum absolute atomic E-state index is 5.27. The Morgan fingerprint density at radius 1 is 0.479 bits per heavy atom. The molecule has 9 aromatic rings. The second-order valence-corrected chi connectivity index (χ2v) is 24.7. The first-order chi connectivity index (χ1) is 35.0. The van der Waals surface area contributed by atoms with Crippen molar-refractivity contribution in [2.24, 2.45) is 0 Å². The normalized spacial score (nSPS) is 13.2. The van der Waals surface area contributed by atoms with Crippen molar-refractivity contribution in [1.29, 1.82) is 0 Å². The van der Waals surface area contributed by atoms with Crippen molar-refractivity contribution in [3.8, 4) is 11.5 Å². The summed E-state index contributed by atoms with van der Waals surface area (Å²) in [6.07, 6.45) is 11.0. The minimum absolute atomic E-state index is 0.358. The highest BCUT2D eigenvalue weighted by Crippen LogP contribution is 2.35. The second kappa shape index (κ2) is 26.2. The Balaban J connectivity index is 0.000000128. The molecular formula is C63H79N5O2S3. The van der Waals surface area contributed by atoms with Crippen molar-refractivity contribution < 1.29 is 9.47 Å². The number of nitrogens with one attached hydrogen (secondary N) is 1. The van der Waals surface area contributed by atoms with Gasteiger partial charge in [-0.25, -0.2) is 15.0 Å². The fourth-order valence-electron chi connectivity index (χ4n) is 8.71. The van der Waals surface area contributed by atoms with Gasteiger partial charge in [-0.15, -0.1) is 34.0 Å². The molecule has 73 heavy (non-hydrogen) atoms. The van der Waals surface area contributed by atoms with Gasteiger partial charge in [-0.3, -0.25) is 5.10 Å². The molecule has 3 aliphatic rings. The molecule has 0 atom stereocenters. The van der Waals surface area contributed by atoms with Crippen LogP contribution in [-0.2, 0) is 25.7 Å².